The van der Waals surface area contributed by atoms with Crippen molar-refractivity contribution in [2.75, 3.05) is 5.73 Å². The lowest BCUT2D eigenvalue weighted by Gasteiger charge is -1.98. The Balaban J connectivity index is 0.000000174. The summed E-state index contributed by atoms with van der Waals surface area (Å²) in [7, 11) is -1.43. The Kier molecular flexibility index (Phi) is 5.11. The minimum Gasteiger partial charge on any atom is -0.423 e. The maximum atomic E-state index is 10.5. The van der Waals surface area contributed by atoms with Gasteiger partial charge in [0.1, 0.15) is 0 Å². The molecule has 0 unspecified atom stereocenters. The second-order valence-corrected chi connectivity index (χ2v) is 4.74. The Bertz CT molecular complexity index is 841. The number of aromatic nitrogens is 2. The fourth-order valence-corrected chi connectivity index (χ4v) is 1.88. The van der Waals surface area contributed by atoms with Crippen LogP contribution in [0.1, 0.15) is 0 Å². The van der Waals surface area contributed by atoms with Crippen LogP contribution in [-0.2, 0) is 0 Å². The summed E-state index contributed by atoms with van der Waals surface area (Å²) in [5, 5.41) is 34.9. The highest BCUT2D eigenvalue weighted by Crippen LogP contribution is 2.27. The number of nitrogens with two attached hydrogens (primary N) is 1. The van der Waals surface area contributed by atoms with Crippen molar-refractivity contribution in [1.29, 1.82) is 0 Å². The molecule has 0 aliphatic heterocycles. The van der Waals surface area contributed by atoms with Crippen LogP contribution in [0.25, 0.3) is 11.0 Å². The first kappa shape index (κ1) is 16.7. The molecule has 3 rings (SSSR count). The predicted octanol–water partition coefficient (Wildman–Crippen LogP) is 0.733. The van der Waals surface area contributed by atoms with Crippen molar-refractivity contribution in [1.82, 2.24) is 10.3 Å². The zero-order valence-electron chi connectivity index (χ0n) is 11.5. The molecule has 0 aliphatic carbocycles. The number of anilines is 1. The van der Waals surface area contributed by atoms with Gasteiger partial charge < -0.3 is 15.8 Å². The molecule has 0 amide bonds. The molecule has 23 heavy (non-hydrogen) atoms. The number of nitrogen functional groups attached to an aromatic ring is 1. The molecule has 11 heteroatoms. The third-order valence-electron chi connectivity index (χ3n) is 2.75. The highest BCUT2D eigenvalue weighted by atomic mass is 35.5. The summed E-state index contributed by atoms with van der Waals surface area (Å²) in [6.07, 6.45) is 0. The van der Waals surface area contributed by atoms with E-state index in [1.807, 2.05) is 0 Å². The van der Waals surface area contributed by atoms with Gasteiger partial charge in [0, 0.05) is 11.8 Å². The van der Waals surface area contributed by atoms with Crippen LogP contribution < -0.4 is 11.2 Å². The highest BCUT2D eigenvalue weighted by Gasteiger charge is 2.18. The molecule has 4 N–H and O–H groups in total. The van der Waals surface area contributed by atoms with E-state index >= 15 is 0 Å². The molecule has 0 aliphatic rings. The molecule has 0 bridgehead atoms. The van der Waals surface area contributed by atoms with E-state index in [4.69, 9.17) is 27.4 Å². The van der Waals surface area contributed by atoms with Crippen molar-refractivity contribution in [2.24, 2.45) is 0 Å². The Hall–Kier alpha value is -2.69. The normalized spacial score (nSPS) is 10.0. The van der Waals surface area contributed by atoms with Crippen LogP contribution >= 0.6 is 11.6 Å². The van der Waals surface area contributed by atoms with Gasteiger partial charge in [-0.05, 0) is 34.0 Å². The number of hydrogen-bond donors (Lipinski definition) is 3. The van der Waals surface area contributed by atoms with Crippen LogP contribution in [0.3, 0.4) is 0 Å². The standard InChI is InChI=1S/C6H8BNO2.C6H2ClN3O3/c8-6-3-1-2-5(4-6)7(9)10;7-3-1-2-4(10(11)12)6-5(3)8-13-9-6/h1-4,9-10H,8H2;1-2H. The number of nitrogens with zero attached hydrogens (tertiary/aromatic N) is 3. The molecule has 118 valence electrons. The van der Waals surface area contributed by atoms with Crippen molar-refractivity contribution in [2.45, 2.75) is 0 Å². The Morgan fingerprint density at radius 2 is 1.91 bits per heavy atom. The second-order valence-electron chi connectivity index (χ2n) is 4.33. The molecule has 2 aromatic carbocycles. The molecule has 0 radical (unpaired) electrons. The minimum atomic E-state index is -1.43. The van der Waals surface area contributed by atoms with Crippen LogP contribution in [-0.4, -0.2) is 32.4 Å². The SMILES string of the molecule is Nc1cccc(B(O)O)c1.O=[N+]([O-])c1ccc(Cl)c2nonc12. The first-order valence-electron chi connectivity index (χ1n) is 6.17. The zero-order chi connectivity index (χ0) is 17.0. The average molecular weight is 337 g/mol. The number of nitro benzene ring substituents is 1. The number of fused-ring (bicyclic) bond motifs is 1. The summed E-state index contributed by atoms with van der Waals surface area (Å²) < 4.78 is 4.35. The van der Waals surface area contributed by atoms with Crippen molar-refractivity contribution in [3.8, 4) is 0 Å². The van der Waals surface area contributed by atoms with E-state index < -0.39 is 12.0 Å². The van der Waals surface area contributed by atoms with Crippen molar-refractivity contribution in [3.63, 3.8) is 0 Å². The summed E-state index contributed by atoms with van der Waals surface area (Å²) >= 11 is 5.69. The minimum absolute atomic E-state index is 0.0671. The van der Waals surface area contributed by atoms with Gasteiger partial charge in [0.25, 0.3) is 0 Å². The number of hydrogen-bond acceptors (Lipinski definition) is 8. The van der Waals surface area contributed by atoms with E-state index in [1.165, 1.54) is 18.2 Å². The molecule has 9 nitrogen and oxygen atoms in total. The van der Waals surface area contributed by atoms with Gasteiger partial charge in [0.05, 0.1) is 9.95 Å². The lowest BCUT2D eigenvalue weighted by atomic mass is 9.80. The van der Waals surface area contributed by atoms with E-state index in [9.17, 15) is 10.1 Å². The van der Waals surface area contributed by atoms with Crippen LogP contribution in [0.15, 0.2) is 41.0 Å². The van der Waals surface area contributed by atoms with Crippen LogP contribution in [0.4, 0.5) is 11.4 Å². The number of halogens is 1. The highest BCUT2D eigenvalue weighted by molar-refractivity contribution is 6.58. The first-order chi connectivity index (χ1) is 10.9. The van der Waals surface area contributed by atoms with E-state index in [0.717, 1.165) is 0 Å². The maximum Gasteiger partial charge on any atom is 0.488 e. The summed E-state index contributed by atoms with van der Waals surface area (Å²) in [6.45, 7) is 0. The Labute approximate surface area is 134 Å². The summed E-state index contributed by atoms with van der Waals surface area (Å²) in [5.74, 6) is 0. The third kappa shape index (κ3) is 3.94. The van der Waals surface area contributed by atoms with Crippen molar-refractivity contribution >= 4 is 46.6 Å². The van der Waals surface area contributed by atoms with E-state index in [-0.39, 0.29) is 21.7 Å². The largest absolute Gasteiger partial charge is 0.488 e. The molecular formula is C12H10BClN4O5. The molecule has 0 saturated heterocycles. The second kappa shape index (κ2) is 7.05. The lowest BCUT2D eigenvalue weighted by Crippen LogP contribution is -2.29. The number of nitro groups is 1. The summed E-state index contributed by atoms with van der Waals surface area (Å²) in [4.78, 5) is 9.91. The molecule has 0 fully saturated rings. The molecule has 0 spiro atoms. The lowest BCUT2D eigenvalue weighted by molar-refractivity contribution is -0.383. The quantitative estimate of drug-likeness (QED) is 0.268. The molecule has 1 heterocycles. The predicted molar refractivity (Wildman–Crippen MR) is 84.1 cm³/mol. The molecule has 0 atom stereocenters. The number of rotatable bonds is 2. The van der Waals surface area contributed by atoms with Gasteiger partial charge in [-0.1, -0.05) is 23.7 Å². The van der Waals surface area contributed by atoms with Gasteiger partial charge in [-0.25, -0.2) is 4.63 Å². The summed E-state index contributed by atoms with van der Waals surface area (Å²) in [6, 6.07) is 9.11. The van der Waals surface area contributed by atoms with Gasteiger partial charge in [0.2, 0.25) is 5.52 Å². The molecule has 0 saturated carbocycles. The van der Waals surface area contributed by atoms with Crippen LogP contribution in [0.2, 0.25) is 5.02 Å². The number of benzene rings is 2. The molecular weight excluding hydrogens is 326 g/mol. The van der Waals surface area contributed by atoms with E-state index in [2.05, 4.69) is 14.9 Å². The van der Waals surface area contributed by atoms with E-state index in [0.29, 0.717) is 11.2 Å². The molecule has 3 aromatic rings. The first-order valence-corrected chi connectivity index (χ1v) is 6.54. The Morgan fingerprint density at radius 3 is 2.48 bits per heavy atom. The van der Waals surface area contributed by atoms with Crippen molar-refractivity contribution in [3.05, 3.63) is 51.5 Å². The topological polar surface area (TPSA) is 149 Å². The smallest absolute Gasteiger partial charge is 0.423 e. The zero-order valence-corrected chi connectivity index (χ0v) is 12.2. The Morgan fingerprint density at radius 1 is 1.22 bits per heavy atom. The van der Waals surface area contributed by atoms with Gasteiger partial charge >= 0.3 is 12.8 Å². The van der Waals surface area contributed by atoms with Gasteiger partial charge in [-0.15, -0.1) is 0 Å². The van der Waals surface area contributed by atoms with Crippen molar-refractivity contribution < 1.29 is 19.6 Å². The monoisotopic (exact) mass is 336 g/mol. The van der Waals surface area contributed by atoms with Gasteiger partial charge in [0.15, 0.2) is 5.52 Å². The maximum absolute atomic E-state index is 10.5. The fourth-order valence-electron chi connectivity index (χ4n) is 1.69. The molecule has 1 aromatic heterocycles. The summed E-state index contributed by atoms with van der Waals surface area (Å²) in [5.41, 5.74) is 6.43. The fraction of sp³-hybridized carbons (Fsp3) is 0. The van der Waals surface area contributed by atoms with E-state index in [1.54, 1.807) is 18.2 Å². The van der Waals surface area contributed by atoms with Crippen LogP contribution in [0.5, 0.6) is 0 Å². The van der Waals surface area contributed by atoms with Gasteiger partial charge in [-0.3, -0.25) is 10.1 Å². The third-order valence-corrected chi connectivity index (χ3v) is 3.06. The number of non-ortho nitro benzene ring substituents is 1. The van der Waals surface area contributed by atoms with Gasteiger partial charge in [-0.2, -0.15) is 0 Å². The average Bonchev–Trinajstić information content (AvgIpc) is 2.98. The van der Waals surface area contributed by atoms with Crippen LogP contribution in [0, 0.1) is 10.1 Å².